The smallest absolute Gasteiger partial charge is 0.256 e. The number of nitrogens with zero attached hydrogens (tertiary/aromatic N) is 7. The Morgan fingerprint density at radius 1 is 1.09 bits per heavy atom. The summed E-state index contributed by atoms with van der Waals surface area (Å²) in [6.45, 7) is 7.17. The second-order valence-electron chi connectivity index (χ2n) is 6.76. The standard InChI is InChI=1S/C23H22N8O/c1-4-30(5-2)18-11-12-19(20(13-18)26-16(3)32)28-29-23-27-21(14-24)22(15-25)31(23)17-9-7-6-8-10-17/h6-13H,4-5H2,1-3H3,(H,26,32). The van der Waals surface area contributed by atoms with Crippen molar-refractivity contribution in [3.05, 3.63) is 59.9 Å². The maximum absolute atomic E-state index is 11.7. The SMILES string of the molecule is CCN(CC)c1ccc(N=Nc2nc(C#N)c(C#N)n2-c2ccccc2)c(NC(C)=O)c1. The topological polar surface area (TPSA) is 122 Å². The average molecular weight is 426 g/mol. The molecule has 0 spiro atoms. The Morgan fingerprint density at radius 2 is 1.81 bits per heavy atom. The zero-order chi connectivity index (χ0) is 23.1. The quantitative estimate of drug-likeness (QED) is 0.542. The molecule has 0 fully saturated rings. The molecule has 1 heterocycles. The molecule has 0 aliphatic carbocycles. The summed E-state index contributed by atoms with van der Waals surface area (Å²) in [7, 11) is 0. The van der Waals surface area contributed by atoms with Crippen molar-refractivity contribution in [3.8, 4) is 17.8 Å². The molecule has 160 valence electrons. The number of anilines is 2. The molecule has 3 rings (SSSR count). The molecule has 3 aromatic rings. The number of carbonyl (C=O) groups is 1. The van der Waals surface area contributed by atoms with E-state index in [9.17, 15) is 15.3 Å². The van der Waals surface area contributed by atoms with Crippen molar-refractivity contribution >= 4 is 28.9 Å². The molecule has 9 nitrogen and oxygen atoms in total. The summed E-state index contributed by atoms with van der Waals surface area (Å²) in [5.41, 5.74) is 2.55. The molecular formula is C23H22N8O. The lowest BCUT2D eigenvalue weighted by atomic mass is 10.2. The first kappa shape index (κ1) is 22.2. The molecule has 0 aliphatic rings. The van der Waals surface area contributed by atoms with E-state index in [2.05, 4.69) is 39.3 Å². The third kappa shape index (κ3) is 4.63. The lowest BCUT2D eigenvalue weighted by Crippen LogP contribution is -2.21. The number of rotatable bonds is 7. The minimum atomic E-state index is -0.234. The van der Waals surface area contributed by atoms with Crippen LogP contribution in [0.5, 0.6) is 0 Å². The van der Waals surface area contributed by atoms with Crippen LogP contribution in [0.2, 0.25) is 0 Å². The highest BCUT2D eigenvalue weighted by atomic mass is 16.1. The van der Waals surface area contributed by atoms with Gasteiger partial charge in [0, 0.05) is 31.4 Å². The van der Waals surface area contributed by atoms with Gasteiger partial charge in [0.1, 0.15) is 17.8 Å². The van der Waals surface area contributed by atoms with E-state index in [0.29, 0.717) is 17.1 Å². The van der Waals surface area contributed by atoms with Crippen molar-refractivity contribution in [2.24, 2.45) is 10.2 Å². The third-order valence-corrected chi connectivity index (χ3v) is 4.75. The molecule has 32 heavy (non-hydrogen) atoms. The van der Waals surface area contributed by atoms with Gasteiger partial charge in [0.25, 0.3) is 5.95 Å². The lowest BCUT2D eigenvalue weighted by molar-refractivity contribution is -0.114. The summed E-state index contributed by atoms with van der Waals surface area (Å²) in [6.07, 6.45) is 0. The van der Waals surface area contributed by atoms with Gasteiger partial charge in [0.05, 0.1) is 5.69 Å². The summed E-state index contributed by atoms with van der Waals surface area (Å²) in [4.78, 5) is 18.1. The second-order valence-corrected chi connectivity index (χ2v) is 6.76. The molecule has 0 bridgehead atoms. The number of para-hydroxylation sites is 1. The Morgan fingerprint density at radius 3 is 2.41 bits per heavy atom. The van der Waals surface area contributed by atoms with Gasteiger partial charge in [-0.05, 0) is 44.2 Å². The van der Waals surface area contributed by atoms with E-state index in [1.165, 1.54) is 11.5 Å². The number of imidazole rings is 1. The van der Waals surface area contributed by atoms with E-state index in [1.807, 2.05) is 42.5 Å². The zero-order valence-electron chi connectivity index (χ0n) is 18.1. The van der Waals surface area contributed by atoms with Crippen LogP contribution in [-0.4, -0.2) is 28.5 Å². The van der Waals surface area contributed by atoms with Crippen molar-refractivity contribution in [2.45, 2.75) is 20.8 Å². The minimum absolute atomic E-state index is 0.0377. The van der Waals surface area contributed by atoms with Crippen LogP contribution >= 0.6 is 0 Å². The van der Waals surface area contributed by atoms with E-state index in [0.717, 1.165) is 18.8 Å². The van der Waals surface area contributed by atoms with Gasteiger partial charge in [-0.15, -0.1) is 10.2 Å². The van der Waals surface area contributed by atoms with E-state index in [1.54, 1.807) is 18.2 Å². The minimum Gasteiger partial charge on any atom is -0.372 e. The van der Waals surface area contributed by atoms with E-state index >= 15 is 0 Å². The molecule has 1 amide bonds. The number of nitrogens with one attached hydrogen (secondary N) is 1. The summed E-state index contributed by atoms with van der Waals surface area (Å²) in [5, 5.41) is 30.3. The number of azo groups is 1. The maximum atomic E-state index is 11.7. The molecule has 0 unspecified atom stereocenters. The highest BCUT2D eigenvalue weighted by Gasteiger charge is 2.18. The van der Waals surface area contributed by atoms with Crippen LogP contribution in [0.1, 0.15) is 32.2 Å². The Labute approximate surface area is 186 Å². The van der Waals surface area contributed by atoms with Gasteiger partial charge >= 0.3 is 0 Å². The van der Waals surface area contributed by atoms with Crippen molar-refractivity contribution in [3.63, 3.8) is 0 Å². The van der Waals surface area contributed by atoms with Crippen molar-refractivity contribution < 1.29 is 4.79 Å². The number of aromatic nitrogens is 2. The Balaban J connectivity index is 2.10. The van der Waals surface area contributed by atoms with Crippen LogP contribution in [0, 0.1) is 22.7 Å². The third-order valence-electron chi connectivity index (χ3n) is 4.75. The number of carbonyl (C=O) groups excluding carboxylic acids is 1. The second kappa shape index (κ2) is 10.0. The largest absolute Gasteiger partial charge is 0.372 e. The first-order valence-corrected chi connectivity index (χ1v) is 10.1. The number of benzene rings is 2. The summed E-state index contributed by atoms with van der Waals surface area (Å²) >= 11 is 0. The average Bonchev–Trinajstić information content (AvgIpc) is 3.17. The maximum Gasteiger partial charge on any atom is 0.256 e. The molecule has 1 N–H and O–H groups in total. The van der Waals surface area contributed by atoms with Crippen LogP contribution in [0.25, 0.3) is 5.69 Å². The van der Waals surface area contributed by atoms with Gasteiger partial charge in [-0.2, -0.15) is 15.5 Å². The Bertz CT molecular complexity index is 1230. The van der Waals surface area contributed by atoms with Crippen molar-refractivity contribution in [1.29, 1.82) is 10.5 Å². The first-order chi connectivity index (χ1) is 15.5. The Hall–Kier alpha value is -4.50. The molecule has 0 atom stereocenters. The molecule has 9 heteroatoms. The van der Waals surface area contributed by atoms with E-state index in [-0.39, 0.29) is 23.2 Å². The fourth-order valence-corrected chi connectivity index (χ4v) is 3.26. The van der Waals surface area contributed by atoms with Crippen LogP contribution in [0.3, 0.4) is 0 Å². The molecule has 0 radical (unpaired) electrons. The van der Waals surface area contributed by atoms with Gasteiger partial charge < -0.3 is 10.2 Å². The zero-order valence-corrected chi connectivity index (χ0v) is 18.1. The number of nitriles is 2. The van der Waals surface area contributed by atoms with Gasteiger partial charge in [0.2, 0.25) is 5.91 Å². The highest BCUT2D eigenvalue weighted by molar-refractivity contribution is 5.93. The van der Waals surface area contributed by atoms with Gasteiger partial charge in [-0.1, -0.05) is 18.2 Å². The molecular weight excluding hydrogens is 404 g/mol. The lowest BCUT2D eigenvalue weighted by Gasteiger charge is -2.22. The fraction of sp³-hybridized carbons (Fsp3) is 0.217. The predicted molar refractivity (Wildman–Crippen MR) is 121 cm³/mol. The summed E-state index contributed by atoms with van der Waals surface area (Å²) in [5.74, 6) is -0.145. The summed E-state index contributed by atoms with van der Waals surface area (Å²) < 4.78 is 1.48. The van der Waals surface area contributed by atoms with Crippen LogP contribution < -0.4 is 10.2 Å². The first-order valence-electron chi connectivity index (χ1n) is 10.1. The van der Waals surface area contributed by atoms with Gasteiger partial charge in [0.15, 0.2) is 11.4 Å². The molecule has 0 aliphatic heterocycles. The van der Waals surface area contributed by atoms with Crippen molar-refractivity contribution in [1.82, 2.24) is 9.55 Å². The fourth-order valence-electron chi connectivity index (χ4n) is 3.26. The number of hydrogen-bond donors (Lipinski definition) is 1. The normalized spacial score (nSPS) is 10.5. The van der Waals surface area contributed by atoms with Crippen LogP contribution in [0.15, 0.2) is 58.8 Å². The number of amides is 1. The predicted octanol–water partition coefficient (Wildman–Crippen LogP) is 4.84. The highest BCUT2D eigenvalue weighted by Crippen LogP contribution is 2.32. The van der Waals surface area contributed by atoms with Gasteiger partial charge in [-0.3, -0.25) is 9.36 Å². The van der Waals surface area contributed by atoms with Crippen LogP contribution in [-0.2, 0) is 4.79 Å². The van der Waals surface area contributed by atoms with E-state index < -0.39 is 0 Å². The molecule has 0 saturated carbocycles. The van der Waals surface area contributed by atoms with Crippen molar-refractivity contribution in [2.75, 3.05) is 23.3 Å². The molecule has 0 saturated heterocycles. The monoisotopic (exact) mass is 426 g/mol. The summed E-state index contributed by atoms with van der Waals surface area (Å²) in [6, 6.07) is 18.5. The molecule has 2 aromatic carbocycles. The van der Waals surface area contributed by atoms with Gasteiger partial charge in [-0.25, -0.2) is 0 Å². The molecule has 1 aromatic heterocycles. The van der Waals surface area contributed by atoms with Crippen LogP contribution in [0.4, 0.5) is 23.0 Å². The Kier molecular flexibility index (Phi) is 6.94. The number of hydrogen-bond acceptors (Lipinski definition) is 7. The van der Waals surface area contributed by atoms with E-state index in [4.69, 9.17) is 0 Å².